The quantitative estimate of drug-likeness (QED) is 0.910. The SMILES string of the molecule is CC(C)(c1ccc2cc(C(=O)O)[nH]c2c1)S(C)(=O)=O.Cl. The molecule has 110 valence electrons. The number of carboxylic acid groups (broad SMARTS) is 1. The highest BCUT2D eigenvalue weighted by Crippen LogP contribution is 2.31. The zero-order chi connectivity index (χ0) is 14.4. The molecule has 2 aromatic rings. The summed E-state index contributed by atoms with van der Waals surface area (Å²) in [6, 6.07) is 6.64. The second-order valence-electron chi connectivity index (χ2n) is 5.07. The molecule has 0 spiro atoms. The van der Waals surface area contributed by atoms with E-state index in [9.17, 15) is 13.2 Å². The van der Waals surface area contributed by atoms with Crippen LogP contribution in [-0.2, 0) is 14.6 Å². The Kier molecular flexibility index (Phi) is 4.22. The summed E-state index contributed by atoms with van der Waals surface area (Å²) >= 11 is 0. The fourth-order valence-corrected chi connectivity index (χ4v) is 2.39. The fraction of sp³-hybridized carbons (Fsp3) is 0.308. The lowest BCUT2D eigenvalue weighted by Gasteiger charge is -2.23. The lowest BCUT2D eigenvalue weighted by atomic mass is 10.0. The number of rotatable bonds is 3. The van der Waals surface area contributed by atoms with Crippen molar-refractivity contribution in [3.05, 3.63) is 35.5 Å². The predicted molar refractivity (Wildman–Crippen MR) is 80.4 cm³/mol. The van der Waals surface area contributed by atoms with Crippen molar-refractivity contribution in [2.45, 2.75) is 18.6 Å². The molecule has 5 nitrogen and oxygen atoms in total. The van der Waals surface area contributed by atoms with Gasteiger partial charge in [0.2, 0.25) is 0 Å². The minimum Gasteiger partial charge on any atom is -0.477 e. The highest BCUT2D eigenvalue weighted by molar-refractivity contribution is 7.91. The number of aromatic amines is 1. The number of halogens is 1. The highest BCUT2D eigenvalue weighted by Gasteiger charge is 2.32. The Hall–Kier alpha value is -1.53. The standard InChI is InChI=1S/C13H15NO4S.ClH/c1-13(2,19(3,17)18)9-5-4-8-6-11(12(15)16)14-10(8)7-9;/h4-7,14H,1-3H3,(H,15,16);1H. The van der Waals surface area contributed by atoms with Gasteiger partial charge >= 0.3 is 5.97 Å². The molecular formula is C13H16ClNO4S. The first kappa shape index (κ1) is 16.5. The van der Waals surface area contributed by atoms with Crippen molar-refractivity contribution in [1.82, 2.24) is 4.98 Å². The molecule has 20 heavy (non-hydrogen) atoms. The second kappa shape index (κ2) is 5.10. The summed E-state index contributed by atoms with van der Waals surface area (Å²) < 4.78 is 22.6. The first-order valence-corrected chi connectivity index (χ1v) is 7.58. The van der Waals surface area contributed by atoms with Crippen LogP contribution in [0, 0.1) is 0 Å². The average Bonchev–Trinajstić information content (AvgIpc) is 2.69. The van der Waals surface area contributed by atoms with E-state index >= 15 is 0 Å². The Bertz CT molecular complexity index is 762. The third-order valence-electron chi connectivity index (χ3n) is 3.48. The summed E-state index contributed by atoms with van der Waals surface area (Å²) in [5.74, 6) is -1.04. The van der Waals surface area contributed by atoms with Gasteiger partial charge in [-0.1, -0.05) is 12.1 Å². The van der Waals surface area contributed by atoms with Crippen molar-refractivity contribution < 1.29 is 18.3 Å². The highest BCUT2D eigenvalue weighted by atomic mass is 35.5. The van der Waals surface area contributed by atoms with Gasteiger partial charge in [0, 0.05) is 17.2 Å². The molecule has 1 aromatic heterocycles. The molecule has 0 aliphatic rings. The molecule has 0 unspecified atom stereocenters. The van der Waals surface area contributed by atoms with Crippen LogP contribution in [-0.4, -0.2) is 30.7 Å². The lowest BCUT2D eigenvalue weighted by Crippen LogP contribution is -2.27. The number of carboxylic acids is 1. The van der Waals surface area contributed by atoms with Crippen molar-refractivity contribution in [2.75, 3.05) is 6.26 Å². The van der Waals surface area contributed by atoms with Crippen molar-refractivity contribution >= 4 is 39.1 Å². The Morgan fingerprint density at radius 3 is 2.35 bits per heavy atom. The fourth-order valence-electron chi connectivity index (χ4n) is 1.83. The number of H-pyrrole nitrogens is 1. The molecule has 0 atom stereocenters. The second-order valence-corrected chi connectivity index (χ2v) is 7.64. The molecule has 0 saturated heterocycles. The van der Waals surface area contributed by atoms with E-state index in [4.69, 9.17) is 5.11 Å². The van der Waals surface area contributed by atoms with Crippen LogP contribution >= 0.6 is 12.4 Å². The van der Waals surface area contributed by atoms with Crippen LogP contribution in [0.4, 0.5) is 0 Å². The summed E-state index contributed by atoms with van der Waals surface area (Å²) in [6.07, 6.45) is 1.19. The Morgan fingerprint density at radius 1 is 1.25 bits per heavy atom. The van der Waals surface area contributed by atoms with Crippen LogP contribution in [0.5, 0.6) is 0 Å². The van der Waals surface area contributed by atoms with E-state index in [0.29, 0.717) is 11.1 Å². The topological polar surface area (TPSA) is 87.2 Å². The number of aromatic carboxylic acids is 1. The zero-order valence-electron chi connectivity index (χ0n) is 11.3. The number of carbonyl (C=O) groups is 1. The normalized spacial score (nSPS) is 12.2. The molecule has 0 aliphatic carbocycles. The van der Waals surface area contributed by atoms with E-state index < -0.39 is 20.6 Å². The smallest absolute Gasteiger partial charge is 0.352 e. The summed E-state index contributed by atoms with van der Waals surface area (Å²) in [5, 5.41) is 9.66. The van der Waals surface area contributed by atoms with Crippen molar-refractivity contribution in [3.8, 4) is 0 Å². The van der Waals surface area contributed by atoms with Crippen molar-refractivity contribution in [2.24, 2.45) is 0 Å². The summed E-state index contributed by atoms with van der Waals surface area (Å²) in [5.41, 5.74) is 1.33. The Labute approximate surface area is 123 Å². The Balaban J connectivity index is 0.00000200. The van der Waals surface area contributed by atoms with Gasteiger partial charge in [-0.3, -0.25) is 0 Å². The third kappa shape index (κ3) is 2.66. The van der Waals surface area contributed by atoms with Crippen LogP contribution in [0.3, 0.4) is 0 Å². The largest absolute Gasteiger partial charge is 0.477 e. The van der Waals surface area contributed by atoms with Crippen LogP contribution in [0.15, 0.2) is 24.3 Å². The molecule has 0 radical (unpaired) electrons. The van der Waals surface area contributed by atoms with Gasteiger partial charge in [-0.25, -0.2) is 13.2 Å². The summed E-state index contributed by atoms with van der Waals surface area (Å²) in [4.78, 5) is 13.6. The molecule has 1 aromatic carbocycles. The molecule has 7 heteroatoms. The number of benzene rings is 1. The predicted octanol–water partition coefficient (Wildman–Crippen LogP) is 2.57. The maximum Gasteiger partial charge on any atom is 0.352 e. The van der Waals surface area contributed by atoms with Crippen LogP contribution < -0.4 is 0 Å². The van der Waals surface area contributed by atoms with Gasteiger partial charge in [0.1, 0.15) is 5.69 Å². The number of aromatic nitrogens is 1. The van der Waals surface area contributed by atoms with Crippen molar-refractivity contribution in [1.29, 1.82) is 0 Å². The van der Waals surface area contributed by atoms with Gasteiger partial charge in [0.05, 0.1) is 4.75 Å². The van der Waals surface area contributed by atoms with Crippen LogP contribution in [0.2, 0.25) is 0 Å². The number of hydrogen-bond acceptors (Lipinski definition) is 3. The molecule has 0 amide bonds. The molecular weight excluding hydrogens is 302 g/mol. The first-order chi connectivity index (χ1) is 8.63. The minimum atomic E-state index is -3.26. The van der Waals surface area contributed by atoms with E-state index in [1.165, 1.54) is 12.3 Å². The van der Waals surface area contributed by atoms with Gasteiger partial charge in [-0.15, -0.1) is 12.4 Å². The van der Waals surface area contributed by atoms with E-state index in [0.717, 1.165) is 5.39 Å². The van der Waals surface area contributed by atoms with E-state index in [1.54, 1.807) is 32.0 Å². The van der Waals surface area contributed by atoms with Gasteiger partial charge in [0.25, 0.3) is 0 Å². The molecule has 2 N–H and O–H groups in total. The first-order valence-electron chi connectivity index (χ1n) is 5.69. The van der Waals surface area contributed by atoms with Crippen LogP contribution in [0.25, 0.3) is 10.9 Å². The molecule has 0 fully saturated rings. The average molecular weight is 318 g/mol. The lowest BCUT2D eigenvalue weighted by molar-refractivity contribution is 0.0691. The summed E-state index contributed by atoms with van der Waals surface area (Å²) in [7, 11) is -3.26. The third-order valence-corrected chi connectivity index (χ3v) is 5.56. The van der Waals surface area contributed by atoms with E-state index in [-0.39, 0.29) is 18.1 Å². The maximum atomic E-state index is 11.8. The van der Waals surface area contributed by atoms with Gasteiger partial charge in [0.15, 0.2) is 9.84 Å². The van der Waals surface area contributed by atoms with E-state index in [2.05, 4.69) is 4.98 Å². The van der Waals surface area contributed by atoms with Crippen molar-refractivity contribution in [3.63, 3.8) is 0 Å². The monoisotopic (exact) mass is 317 g/mol. The molecule has 0 bridgehead atoms. The Morgan fingerprint density at radius 2 is 1.85 bits per heavy atom. The van der Waals surface area contributed by atoms with E-state index in [1.807, 2.05) is 0 Å². The summed E-state index contributed by atoms with van der Waals surface area (Å²) in [6.45, 7) is 3.26. The molecule has 0 aliphatic heterocycles. The molecule has 0 saturated carbocycles. The number of sulfone groups is 1. The van der Waals surface area contributed by atoms with Gasteiger partial charge < -0.3 is 10.1 Å². The van der Waals surface area contributed by atoms with Gasteiger partial charge in [-0.05, 0) is 31.5 Å². The van der Waals surface area contributed by atoms with Crippen LogP contribution in [0.1, 0.15) is 29.9 Å². The number of fused-ring (bicyclic) bond motifs is 1. The molecule has 1 heterocycles. The minimum absolute atomic E-state index is 0. The zero-order valence-corrected chi connectivity index (χ0v) is 12.9. The number of nitrogens with one attached hydrogen (secondary N) is 1. The number of hydrogen-bond donors (Lipinski definition) is 2. The maximum absolute atomic E-state index is 11.8. The van der Waals surface area contributed by atoms with Gasteiger partial charge in [-0.2, -0.15) is 0 Å². The molecule has 2 rings (SSSR count).